The number of piperidine rings is 1. The van der Waals surface area contributed by atoms with Crippen molar-refractivity contribution < 1.29 is 0 Å². The SMILES string of the molecule is CC(C)(N)N1CCC(N)CC1. The Morgan fingerprint density at radius 2 is 1.73 bits per heavy atom. The number of nitrogens with zero attached hydrogens (tertiary/aromatic N) is 1. The predicted octanol–water partition coefficient (Wildman–Crippen LogP) is 0.104. The molecule has 0 bridgehead atoms. The van der Waals surface area contributed by atoms with Gasteiger partial charge in [0.05, 0.1) is 5.66 Å². The molecular weight excluding hydrogens is 138 g/mol. The summed E-state index contributed by atoms with van der Waals surface area (Å²) in [5.74, 6) is 0. The predicted molar refractivity (Wildman–Crippen MR) is 47.0 cm³/mol. The highest BCUT2D eigenvalue weighted by Gasteiger charge is 2.25. The number of nitrogens with two attached hydrogens (primary N) is 2. The van der Waals surface area contributed by atoms with Gasteiger partial charge in [-0.3, -0.25) is 4.90 Å². The van der Waals surface area contributed by atoms with E-state index < -0.39 is 0 Å². The van der Waals surface area contributed by atoms with E-state index in [1.807, 2.05) is 13.8 Å². The highest BCUT2D eigenvalue weighted by atomic mass is 15.3. The van der Waals surface area contributed by atoms with E-state index in [2.05, 4.69) is 4.90 Å². The summed E-state index contributed by atoms with van der Waals surface area (Å²) in [6.45, 7) is 6.18. The molecule has 0 saturated carbocycles. The van der Waals surface area contributed by atoms with E-state index >= 15 is 0 Å². The molecule has 0 aromatic carbocycles. The average molecular weight is 157 g/mol. The van der Waals surface area contributed by atoms with Gasteiger partial charge in [-0.15, -0.1) is 0 Å². The second-order valence-corrected chi connectivity index (χ2v) is 3.98. The summed E-state index contributed by atoms with van der Waals surface area (Å²) in [7, 11) is 0. The summed E-state index contributed by atoms with van der Waals surface area (Å²) in [4.78, 5) is 2.29. The molecule has 3 nitrogen and oxygen atoms in total. The van der Waals surface area contributed by atoms with Gasteiger partial charge in [0.2, 0.25) is 0 Å². The fraction of sp³-hybridized carbons (Fsp3) is 1.00. The van der Waals surface area contributed by atoms with Gasteiger partial charge in [0.1, 0.15) is 0 Å². The highest BCUT2D eigenvalue weighted by molar-refractivity contribution is 4.81. The Kier molecular flexibility index (Phi) is 2.52. The molecule has 0 unspecified atom stereocenters. The lowest BCUT2D eigenvalue weighted by Crippen LogP contribution is -2.55. The molecule has 66 valence electrons. The first-order valence-electron chi connectivity index (χ1n) is 4.29. The molecule has 4 N–H and O–H groups in total. The number of rotatable bonds is 1. The monoisotopic (exact) mass is 157 g/mol. The Bertz CT molecular complexity index is 120. The lowest BCUT2D eigenvalue weighted by atomic mass is 10.0. The quantitative estimate of drug-likeness (QED) is 0.568. The summed E-state index contributed by atoms with van der Waals surface area (Å²) in [5, 5.41) is 0. The number of likely N-dealkylation sites (tertiary alicyclic amines) is 1. The standard InChI is InChI=1S/C8H19N3/c1-8(2,10)11-5-3-7(9)4-6-11/h7H,3-6,9-10H2,1-2H3. The van der Waals surface area contributed by atoms with Gasteiger partial charge >= 0.3 is 0 Å². The fourth-order valence-corrected chi connectivity index (χ4v) is 1.48. The lowest BCUT2D eigenvalue weighted by molar-refractivity contribution is 0.0938. The maximum atomic E-state index is 5.94. The van der Waals surface area contributed by atoms with Crippen LogP contribution in [0.15, 0.2) is 0 Å². The molecule has 0 radical (unpaired) electrons. The smallest absolute Gasteiger partial charge is 0.0629 e. The largest absolute Gasteiger partial charge is 0.328 e. The molecule has 1 aliphatic rings. The fourth-order valence-electron chi connectivity index (χ4n) is 1.48. The van der Waals surface area contributed by atoms with Gasteiger partial charge in [-0.2, -0.15) is 0 Å². The van der Waals surface area contributed by atoms with Crippen molar-refractivity contribution in [3.05, 3.63) is 0 Å². The zero-order chi connectivity index (χ0) is 8.48. The van der Waals surface area contributed by atoms with Crippen LogP contribution in [-0.2, 0) is 0 Å². The van der Waals surface area contributed by atoms with Crippen molar-refractivity contribution in [2.24, 2.45) is 11.5 Å². The Labute approximate surface area is 68.7 Å². The van der Waals surface area contributed by atoms with Crippen LogP contribution in [0.25, 0.3) is 0 Å². The third-order valence-corrected chi connectivity index (χ3v) is 2.35. The Morgan fingerprint density at radius 1 is 1.27 bits per heavy atom. The third-order valence-electron chi connectivity index (χ3n) is 2.35. The number of hydrogen-bond donors (Lipinski definition) is 2. The van der Waals surface area contributed by atoms with E-state index in [-0.39, 0.29) is 5.66 Å². The average Bonchev–Trinajstić information content (AvgIpc) is 1.86. The van der Waals surface area contributed by atoms with Gasteiger partial charge in [0.15, 0.2) is 0 Å². The molecule has 0 aliphatic carbocycles. The molecule has 1 rings (SSSR count). The third kappa shape index (κ3) is 2.43. The van der Waals surface area contributed by atoms with E-state index in [0.717, 1.165) is 25.9 Å². The topological polar surface area (TPSA) is 55.3 Å². The molecule has 0 spiro atoms. The van der Waals surface area contributed by atoms with Crippen molar-refractivity contribution in [1.82, 2.24) is 4.90 Å². The minimum atomic E-state index is -0.167. The van der Waals surface area contributed by atoms with E-state index in [9.17, 15) is 0 Å². The zero-order valence-electron chi connectivity index (χ0n) is 7.51. The van der Waals surface area contributed by atoms with E-state index in [0.29, 0.717) is 6.04 Å². The first kappa shape index (κ1) is 8.97. The van der Waals surface area contributed by atoms with Gasteiger partial charge in [-0.25, -0.2) is 0 Å². The number of hydrogen-bond acceptors (Lipinski definition) is 3. The van der Waals surface area contributed by atoms with Crippen molar-refractivity contribution in [1.29, 1.82) is 0 Å². The van der Waals surface area contributed by atoms with Crippen molar-refractivity contribution in [3.63, 3.8) is 0 Å². The second kappa shape index (κ2) is 3.09. The molecule has 0 aromatic heterocycles. The molecule has 3 heteroatoms. The van der Waals surface area contributed by atoms with Gasteiger partial charge < -0.3 is 11.5 Å². The molecule has 1 heterocycles. The van der Waals surface area contributed by atoms with Crippen molar-refractivity contribution in [2.75, 3.05) is 13.1 Å². The summed E-state index contributed by atoms with van der Waals surface area (Å²) in [6, 6.07) is 0.397. The normalized spacial score (nSPS) is 24.0. The molecule has 11 heavy (non-hydrogen) atoms. The van der Waals surface area contributed by atoms with Crippen LogP contribution in [0.5, 0.6) is 0 Å². The molecule has 0 amide bonds. The van der Waals surface area contributed by atoms with Crippen molar-refractivity contribution >= 4 is 0 Å². The summed E-state index contributed by atoms with van der Waals surface area (Å²) in [6.07, 6.45) is 2.17. The van der Waals surface area contributed by atoms with E-state index in [1.54, 1.807) is 0 Å². The van der Waals surface area contributed by atoms with Gasteiger partial charge in [0, 0.05) is 19.1 Å². The van der Waals surface area contributed by atoms with Gasteiger partial charge in [-0.05, 0) is 26.7 Å². The molecule has 0 atom stereocenters. The van der Waals surface area contributed by atoms with Crippen LogP contribution < -0.4 is 11.5 Å². The van der Waals surface area contributed by atoms with Crippen LogP contribution in [-0.4, -0.2) is 29.7 Å². The lowest BCUT2D eigenvalue weighted by Gasteiger charge is -2.39. The molecule has 0 aromatic rings. The van der Waals surface area contributed by atoms with E-state index in [1.165, 1.54) is 0 Å². The molecular formula is C8H19N3. The van der Waals surface area contributed by atoms with Crippen LogP contribution in [0.2, 0.25) is 0 Å². The maximum absolute atomic E-state index is 5.94. The summed E-state index contributed by atoms with van der Waals surface area (Å²) in [5.41, 5.74) is 11.5. The second-order valence-electron chi connectivity index (χ2n) is 3.98. The molecule has 1 saturated heterocycles. The Hall–Kier alpha value is -0.120. The van der Waals surface area contributed by atoms with Crippen LogP contribution >= 0.6 is 0 Å². The van der Waals surface area contributed by atoms with Crippen LogP contribution in [0.4, 0.5) is 0 Å². The highest BCUT2D eigenvalue weighted by Crippen LogP contribution is 2.15. The van der Waals surface area contributed by atoms with E-state index in [4.69, 9.17) is 11.5 Å². The van der Waals surface area contributed by atoms with Crippen LogP contribution in [0.1, 0.15) is 26.7 Å². The molecule has 1 aliphatic heterocycles. The Morgan fingerprint density at radius 3 is 2.09 bits per heavy atom. The maximum Gasteiger partial charge on any atom is 0.0629 e. The minimum absolute atomic E-state index is 0.167. The minimum Gasteiger partial charge on any atom is -0.328 e. The summed E-state index contributed by atoms with van der Waals surface area (Å²) < 4.78 is 0. The van der Waals surface area contributed by atoms with Crippen LogP contribution in [0.3, 0.4) is 0 Å². The van der Waals surface area contributed by atoms with Gasteiger partial charge in [0.25, 0.3) is 0 Å². The summed E-state index contributed by atoms with van der Waals surface area (Å²) >= 11 is 0. The molecule has 1 fully saturated rings. The first-order valence-corrected chi connectivity index (χ1v) is 4.29. The van der Waals surface area contributed by atoms with Crippen LogP contribution in [0, 0.1) is 0 Å². The Balaban J connectivity index is 2.39. The van der Waals surface area contributed by atoms with Gasteiger partial charge in [-0.1, -0.05) is 0 Å². The zero-order valence-corrected chi connectivity index (χ0v) is 7.51. The van der Waals surface area contributed by atoms with Crippen molar-refractivity contribution in [3.8, 4) is 0 Å². The first-order chi connectivity index (χ1) is 5.00. The van der Waals surface area contributed by atoms with Crippen molar-refractivity contribution in [2.45, 2.75) is 38.4 Å².